The highest BCUT2D eigenvalue weighted by Gasteiger charge is 2.19. The molecule has 2 aromatic heterocycles. The van der Waals surface area contributed by atoms with E-state index in [1.807, 2.05) is 48.8 Å². The Morgan fingerprint density at radius 2 is 1.20 bits per heavy atom. The molecule has 1 aromatic carbocycles. The van der Waals surface area contributed by atoms with Gasteiger partial charge in [0.2, 0.25) is 0 Å². The van der Waals surface area contributed by atoms with Crippen molar-refractivity contribution in [2.45, 2.75) is 12.8 Å². The molecule has 2 aliphatic rings. The van der Waals surface area contributed by atoms with Crippen LogP contribution in [0.4, 0.5) is 17.3 Å². The molecule has 35 heavy (non-hydrogen) atoms. The van der Waals surface area contributed by atoms with Crippen LogP contribution in [0.15, 0.2) is 73.1 Å². The maximum atomic E-state index is 12.7. The Kier molecular flexibility index (Phi) is 7.53. The highest BCUT2D eigenvalue weighted by molar-refractivity contribution is 5.96. The molecule has 0 saturated carbocycles. The lowest BCUT2D eigenvalue weighted by Gasteiger charge is -2.36. The largest absolute Gasteiger partial charge is 0.368 e. The van der Waals surface area contributed by atoms with Crippen molar-refractivity contribution in [1.29, 1.82) is 0 Å². The van der Waals surface area contributed by atoms with E-state index < -0.39 is 0 Å². The van der Waals surface area contributed by atoms with E-state index in [0.717, 1.165) is 82.5 Å². The van der Waals surface area contributed by atoms with Crippen LogP contribution in [0.5, 0.6) is 0 Å². The van der Waals surface area contributed by atoms with Gasteiger partial charge in [0.25, 0.3) is 0 Å². The first kappa shape index (κ1) is 23.3. The molecule has 5 rings (SSSR count). The van der Waals surface area contributed by atoms with Gasteiger partial charge in [0.05, 0.1) is 0 Å². The number of carbonyl (C=O) groups excluding carboxylic acids is 1. The molecule has 2 aliphatic heterocycles. The summed E-state index contributed by atoms with van der Waals surface area (Å²) in [4.78, 5) is 31.2. The molecule has 0 unspecified atom stereocenters. The summed E-state index contributed by atoms with van der Waals surface area (Å²) in [6, 6.07) is 20.3. The van der Waals surface area contributed by atoms with Gasteiger partial charge in [0.1, 0.15) is 11.6 Å². The molecule has 0 radical (unpaired) electrons. The van der Waals surface area contributed by atoms with Crippen molar-refractivity contribution in [2.75, 3.05) is 73.6 Å². The second-order valence-corrected chi connectivity index (χ2v) is 9.25. The number of pyridine rings is 2. The Morgan fingerprint density at radius 1 is 0.657 bits per heavy atom. The first-order valence-electron chi connectivity index (χ1n) is 12.7. The lowest BCUT2D eigenvalue weighted by Crippen LogP contribution is -2.47. The quantitative estimate of drug-likeness (QED) is 0.467. The average molecular weight is 471 g/mol. The number of hydrogen-bond donors (Lipinski definition) is 0. The average Bonchev–Trinajstić information content (AvgIpc) is 2.94. The van der Waals surface area contributed by atoms with Crippen LogP contribution >= 0.6 is 0 Å². The third-order valence-corrected chi connectivity index (χ3v) is 7.03. The molecule has 0 amide bonds. The molecular formula is C28H34N6O. The molecule has 0 atom stereocenters. The van der Waals surface area contributed by atoms with E-state index in [4.69, 9.17) is 0 Å². The minimum absolute atomic E-state index is 0.239. The van der Waals surface area contributed by atoms with Crippen molar-refractivity contribution in [3.63, 3.8) is 0 Å². The number of carbonyl (C=O) groups is 1. The molecule has 7 nitrogen and oxygen atoms in total. The molecule has 182 valence electrons. The van der Waals surface area contributed by atoms with Crippen LogP contribution in [0.25, 0.3) is 0 Å². The van der Waals surface area contributed by atoms with E-state index in [1.165, 1.54) is 5.69 Å². The predicted octanol–water partition coefficient (Wildman–Crippen LogP) is 3.59. The van der Waals surface area contributed by atoms with Gasteiger partial charge in [-0.1, -0.05) is 12.1 Å². The van der Waals surface area contributed by atoms with Gasteiger partial charge in [0, 0.05) is 82.4 Å². The fourth-order valence-electron chi connectivity index (χ4n) is 4.94. The minimum atomic E-state index is 0.239. The standard InChI is InChI=1S/C28H34N6O/c35-26(6-5-15-31-16-18-33(19-17-31)27-7-1-3-13-29-27)24-9-11-25(12-10-24)32-20-22-34(23-21-32)28-8-2-4-14-30-28/h1-4,7-14H,5-6,15-23H2. The number of benzene rings is 1. The Morgan fingerprint density at radius 3 is 1.74 bits per heavy atom. The number of aromatic nitrogens is 2. The summed E-state index contributed by atoms with van der Waals surface area (Å²) >= 11 is 0. The molecule has 7 heteroatoms. The van der Waals surface area contributed by atoms with Crippen LogP contribution in [0, 0.1) is 0 Å². The monoisotopic (exact) mass is 470 g/mol. The normalized spacial score (nSPS) is 17.0. The Bertz CT molecular complexity index is 1060. The molecule has 0 spiro atoms. The summed E-state index contributed by atoms with van der Waals surface area (Å²) in [5, 5.41) is 0. The van der Waals surface area contributed by atoms with Crippen molar-refractivity contribution < 1.29 is 4.79 Å². The van der Waals surface area contributed by atoms with Crippen LogP contribution in [0.3, 0.4) is 0 Å². The highest BCUT2D eigenvalue weighted by Crippen LogP contribution is 2.21. The fourth-order valence-corrected chi connectivity index (χ4v) is 4.94. The van der Waals surface area contributed by atoms with Crippen molar-refractivity contribution >= 4 is 23.1 Å². The summed E-state index contributed by atoms with van der Waals surface area (Å²) in [7, 11) is 0. The summed E-state index contributed by atoms with van der Waals surface area (Å²) < 4.78 is 0. The van der Waals surface area contributed by atoms with Gasteiger partial charge in [0.15, 0.2) is 5.78 Å². The maximum Gasteiger partial charge on any atom is 0.162 e. The van der Waals surface area contributed by atoms with Gasteiger partial charge in [-0.05, 0) is 61.5 Å². The number of nitrogens with zero attached hydrogens (tertiary/aromatic N) is 6. The topological polar surface area (TPSA) is 55.8 Å². The first-order valence-corrected chi connectivity index (χ1v) is 12.7. The third kappa shape index (κ3) is 5.98. The van der Waals surface area contributed by atoms with Gasteiger partial charge in [-0.25, -0.2) is 9.97 Å². The van der Waals surface area contributed by atoms with Crippen molar-refractivity contribution in [3.8, 4) is 0 Å². The van der Waals surface area contributed by atoms with Gasteiger partial charge >= 0.3 is 0 Å². The van der Waals surface area contributed by atoms with E-state index in [0.29, 0.717) is 6.42 Å². The van der Waals surface area contributed by atoms with Crippen LogP contribution in [0.2, 0.25) is 0 Å². The van der Waals surface area contributed by atoms with Gasteiger partial charge < -0.3 is 14.7 Å². The molecule has 0 aliphatic carbocycles. The molecule has 2 fully saturated rings. The predicted molar refractivity (Wildman–Crippen MR) is 142 cm³/mol. The molecular weight excluding hydrogens is 436 g/mol. The second-order valence-electron chi connectivity index (χ2n) is 9.25. The van der Waals surface area contributed by atoms with Gasteiger partial charge in [-0.15, -0.1) is 0 Å². The van der Waals surface area contributed by atoms with Crippen LogP contribution < -0.4 is 14.7 Å². The Balaban J connectivity index is 1.03. The van der Waals surface area contributed by atoms with Gasteiger partial charge in [-0.2, -0.15) is 0 Å². The van der Waals surface area contributed by atoms with Crippen molar-refractivity contribution in [1.82, 2.24) is 14.9 Å². The second kappa shape index (κ2) is 11.3. The number of Topliss-reactive ketones (excluding diaryl/α,β-unsaturated/α-hetero) is 1. The van der Waals surface area contributed by atoms with E-state index in [-0.39, 0.29) is 5.78 Å². The van der Waals surface area contributed by atoms with E-state index >= 15 is 0 Å². The van der Waals surface area contributed by atoms with Gasteiger partial charge in [-0.3, -0.25) is 9.69 Å². The molecule has 0 bridgehead atoms. The molecule has 3 aromatic rings. The maximum absolute atomic E-state index is 12.7. The van der Waals surface area contributed by atoms with E-state index in [1.54, 1.807) is 0 Å². The van der Waals surface area contributed by atoms with Crippen molar-refractivity contribution in [2.24, 2.45) is 0 Å². The van der Waals surface area contributed by atoms with Crippen LogP contribution in [0.1, 0.15) is 23.2 Å². The molecule has 2 saturated heterocycles. The van der Waals surface area contributed by atoms with Crippen LogP contribution in [-0.4, -0.2) is 79.6 Å². The zero-order valence-electron chi connectivity index (χ0n) is 20.3. The number of ketones is 1. The van der Waals surface area contributed by atoms with E-state index in [2.05, 4.69) is 53.8 Å². The van der Waals surface area contributed by atoms with Crippen LogP contribution in [-0.2, 0) is 0 Å². The summed E-state index contributed by atoms with van der Waals surface area (Å²) in [6.07, 6.45) is 5.20. The summed E-state index contributed by atoms with van der Waals surface area (Å²) in [5.74, 6) is 2.34. The highest BCUT2D eigenvalue weighted by atomic mass is 16.1. The Labute approximate surface area is 208 Å². The number of piperazine rings is 2. The minimum Gasteiger partial charge on any atom is -0.368 e. The van der Waals surface area contributed by atoms with Crippen molar-refractivity contribution in [3.05, 3.63) is 78.6 Å². The van der Waals surface area contributed by atoms with E-state index in [9.17, 15) is 4.79 Å². The number of hydrogen-bond acceptors (Lipinski definition) is 7. The lowest BCUT2D eigenvalue weighted by atomic mass is 10.1. The third-order valence-electron chi connectivity index (χ3n) is 7.03. The summed E-state index contributed by atoms with van der Waals surface area (Å²) in [6.45, 7) is 8.81. The zero-order valence-corrected chi connectivity index (χ0v) is 20.3. The Hall–Kier alpha value is -3.45. The molecule has 0 N–H and O–H groups in total. The zero-order chi connectivity index (χ0) is 23.9. The number of rotatable bonds is 8. The fraction of sp³-hybridized carbons (Fsp3) is 0.393. The smallest absolute Gasteiger partial charge is 0.162 e. The number of anilines is 3. The SMILES string of the molecule is O=C(CCCN1CCN(c2ccccn2)CC1)c1ccc(N2CCN(c3ccccn3)CC2)cc1. The summed E-state index contributed by atoms with van der Waals surface area (Å²) in [5.41, 5.74) is 2.01. The first-order chi connectivity index (χ1) is 17.3. The lowest BCUT2D eigenvalue weighted by molar-refractivity contribution is 0.0974. The molecule has 4 heterocycles.